The van der Waals surface area contributed by atoms with Crippen LogP contribution in [0.15, 0.2) is 29.6 Å². The van der Waals surface area contributed by atoms with Gasteiger partial charge in [0, 0.05) is 23.0 Å². The average molecular weight is 404 g/mol. The molecule has 1 aromatic heterocycles. The van der Waals surface area contributed by atoms with Crippen LogP contribution in [0.3, 0.4) is 0 Å². The first-order valence-corrected chi connectivity index (χ1v) is 8.70. The van der Waals surface area contributed by atoms with Crippen LogP contribution in [0, 0.1) is 0 Å². The minimum Gasteiger partial charge on any atom is -0.497 e. The Kier molecular flexibility index (Phi) is 8.65. The van der Waals surface area contributed by atoms with Gasteiger partial charge in [-0.3, -0.25) is 4.79 Å². The Morgan fingerprint density at radius 3 is 2.44 bits per heavy atom. The highest BCUT2D eigenvalue weighted by Gasteiger charge is 2.21. The van der Waals surface area contributed by atoms with Crippen LogP contribution >= 0.6 is 36.2 Å². The Hall–Kier alpha value is -1.34. The summed E-state index contributed by atoms with van der Waals surface area (Å²) in [6, 6.07) is 8.17. The van der Waals surface area contributed by atoms with E-state index in [9.17, 15) is 4.79 Å². The first kappa shape index (κ1) is 21.7. The number of nitrogens with zero attached hydrogens (tertiary/aromatic N) is 1. The molecule has 3 rings (SSSR count). The molecule has 0 unspecified atom stereocenters. The number of carbonyl (C=O) groups excluding carboxylic acids is 1. The van der Waals surface area contributed by atoms with E-state index < -0.39 is 0 Å². The zero-order chi connectivity index (χ0) is 16.2. The molecule has 3 N–H and O–H groups in total. The Bertz CT molecular complexity index is 671. The van der Waals surface area contributed by atoms with Crippen molar-refractivity contribution in [1.82, 2.24) is 10.3 Å². The summed E-state index contributed by atoms with van der Waals surface area (Å²) in [5, 5.41) is 5.71. The van der Waals surface area contributed by atoms with Gasteiger partial charge in [-0.1, -0.05) is 0 Å². The lowest BCUT2D eigenvalue weighted by molar-refractivity contribution is 0.0921. The number of methoxy groups -OCH3 is 1. The lowest BCUT2D eigenvalue weighted by Gasteiger charge is -2.26. The van der Waals surface area contributed by atoms with Gasteiger partial charge in [-0.05, 0) is 49.9 Å². The Morgan fingerprint density at radius 1 is 1.20 bits per heavy atom. The largest absolute Gasteiger partial charge is 0.497 e. The zero-order valence-electron chi connectivity index (χ0n) is 13.9. The van der Waals surface area contributed by atoms with Crippen molar-refractivity contribution < 1.29 is 9.53 Å². The summed E-state index contributed by atoms with van der Waals surface area (Å²) in [4.78, 5) is 16.8. The number of carbonyl (C=O) groups is 1. The summed E-state index contributed by atoms with van der Waals surface area (Å²) in [6.45, 7) is 0. The molecule has 5 nitrogen and oxygen atoms in total. The molecule has 1 heterocycles. The van der Waals surface area contributed by atoms with Crippen molar-refractivity contribution >= 4 is 42.1 Å². The Labute approximate surface area is 164 Å². The number of aromatic nitrogens is 1. The fourth-order valence-electron chi connectivity index (χ4n) is 2.77. The Balaban J connectivity index is 0.00000156. The number of rotatable bonds is 4. The third-order valence-electron chi connectivity index (χ3n) is 4.18. The van der Waals surface area contributed by atoms with Crippen LogP contribution in [0.1, 0.15) is 36.2 Å². The van der Waals surface area contributed by atoms with E-state index in [-0.39, 0.29) is 42.8 Å². The molecule has 1 fully saturated rings. The molecule has 1 amide bonds. The molecule has 0 bridgehead atoms. The Morgan fingerprint density at radius 2 is 1.84 bits per heavy atom. The molecule has 0 atom stereocenters. The molecule has 138 valence electrons. The summed E-state index contributed by atoms with van der Waals surface area (Å²) >= 11 is 1.47. The highest BCUT2D eigenvalue weighted by atomic mass is 35.5. The SMILES string of the molecule is COc1ccc(-c2nc(C(=O)NC3CCC(N)CC3)cs2)cc1.Cl.Cl. The summed E-state index contributed by atoms with van der Waals surface area (Å²) in [7, 11) is 1.64. The number of amides is 1. The van der Waals surface area contributed by atoms with Crippen LogP contribution < -0.4 is 15.8 Å². The van der Waals surface area contributed by atoms with Crippen LogP contribution in [-0.4, -0.2) is 30.1 Å². The minimum absolute atomic E-state index is 0. The van der Waals surface area contributed by atoms with E-state index >= 15 is 0 Å². The molecular weight excluding hydrogens is 381 g/mol. The van der Waals surface area contributed by atoms with Gasteiger partial charge in [-0.25, -0.2) is 4.98 Å². The van der Waals surface area contributed by atoms with Gasteiger partial charge in [-0.2, -0.15) is 0 Å². The van der Waals surface area contributed by atoms with Crippen LogP contribution in [0.2, 0.25) is 0 Å². The highest BCUT2D eigenvalue weighted by Crippen LogP contribution is 2.26. The fourth-order valence-corrected chi connectivity index (χ4v) is 3.57. The van der Waals surface area contributed by atoms with Crippen molar-refractivity contribution in [2.75, 3.05) is 7.11 Å². The molecule has 1 aliphatic rings. The van der Waals surface area contributed by atoms with Gasteiger partial charge >= 0.3 is 0 Å². The van der Waals surface area contributed by atoms with Crippen molar-refractivity contribution in [2.45, 2.75) is 37.8 Å². The number of nitrogens with two attached hydrogens (primary N) is 1. The van der Waals surface area contributed by atoms with E-state index in [2.05, 4.69) is 10.3 Å². The highest BCUT2D eigenvalue weighted by molar-refractivity contribution is 7.13. The minimum atomic E-state index is -0.0958. The number of hydrogen-bond acceptors (Lipinski definition) is 5. The van der Waals surface area contributed by atoms with Gasteiger partial charge in [0.2, 0.25) is 0 Å². The van der Waals surface area contributed by atoms with E-state index in [1.54, 1.807) is 7.11 Å². The molecule has 1 aromatic carbocycles. The van der Waals surface area contributed by atoms with Crippen molar-refractivity contribution in [3.05, 3.63) is 35.3 Å². The second-order valence-electron chi connectivity index (χ2n) is 5.85. The lowest BCUT2D eigenvalue weighted by Crippen LogP contribution is -2.40. The summed E-state index contributed by atoms with van der Waals surface area (Å²) in [5.74, 6) is 0.709. The molecule has 1 saturated carbocycles. The molecule has 0 spiro atoms. The maximum absolute atomic E-state index is 12.3. The maximum Gasteiger partial charge on any atom is 0.270 e. The zero-order valence-corrected chi connectivity index (χ0v) is 16.4. The smallest absolute Gasteiger partial charge is 0.270 e. The lowest BCUT2D eigenvalue weighted by atomic mass is 9.92. The molecule has 25 heavy (non-hydrogen) atoms. The van der Waals surface area contributed by atoms with Gasteiger partial charge in [0.15, 0.2) is 0 Å². The summed E-state index contributed by atoms with van der Waals surface area (Å²) < 4.78 is 5.15. The number of thiazole rings is 1. The van der Waals surface area contributed by atoms with Crippen LogP contribution in [0.25, 0.3) is 10.6 Å². The predicted octanol–water partition coefficient (Wildman–Crippen LogP) is 3.66. The van der Waals surface area contributed by atoms with Gasteiger partial charge < -0.3 is 15.8 Å². The van der Waals surface area contributed by atoms with E-state index in [0.717, 1.165) is 42.0 Å². The fraction of sp³-hybridized carbons (Fsp3) is 0.412. The van der Waals surface area contributed by atoms with Crippen molar-refractivity contribution in [3.63, 3.8) is 0 Å². The quantitative estimate of drug-likeness (QED) is 0.816. The molecule has 1 aliphatic carbocycles. The standard InChI is InChI=1S/C17H21N3O2S.2ClH/c1-22-14-8-2-11(3-9-14)17-20-15(10-23-17)16(21)19-13-6-4-12(18)5-7-13;;/h2-3,8-10,12-13H,4-7,18H2,1H3,(H,19,21);2*1H. The number of hydrogen-bond donors (Lipinski definition) is 2. The van der Waals surface area contributed by atoms with Crippen LogP contribution in [-0.2, 0) is 0 Å². The number of nitrogens with one attached hydrogen (secondary N) is 1. The van der Waals surface area contributed by atoms with E-state index in [1.165, 1.54) is 11.3 Å². The topological polar surface area (TPSA) is 77.2 Å². The monoisotopic (exact) mass is 403 g/mol. The van der Waals surface area contributed by atoms with Crippen molar-refractivity contribution in [2.24, 2.45) is 5.73 Å². The summed E-state index contributed by atoms with van der Waals surface area (Å²) in [5.41, 5.74) is 7.36. The second-order valence-corrected chi connectivity index (χ2v) is 6.71. The normalized spacial score (nSPS) is 19.3. The third kappa shape index (κ3) is 5.57. The van der Waals surface area contributed by atoms with Crippen LogP contribution in [0.5, 0.6) is 5.75 Å². The number of ether oxygens (including phenoxy) is 1. The molecule has 0 radical (unpaired) electrons. The van der Waals surface area contributed by atoms with Gasteiger partial charge in [0.1, 0.15) is 16.5 Å². The van der Waals surface area contributed by atoms with E-state index in [1.807, 2.05) is 29.6 Å². The second kappa shape index (κ2) is 9.97. The molecule has 0 saturated heterocycles. The number of benzene rings is 1. The van der Waals surface area contributed by atoms with Gasteiger partial charge in [-0.15, -0.1) is 36.2 Å². The first-order valence-electron chi connectivity index (χ1n) is 7.82. The van der Waals surface area contributed by atoms with E-state index in [4.69, 9.17) is 10.5 Å². The molecular formula is C17H23Cl2N3O2S. The van der Waals surface area contributed by atoms with Crippen LogP contribution in [0.4, 0.5) is 0 Å². The average Bonchev–Trinajstić information content (AvgIpc) is 3.07. The van der Waals surface area contributed by atoms with Gasteiger partial charge in [0.25, 0.3) is 5.91 Å². The molecule has 0 aliphatic heterocycles. The van der Waals surface area contributed by atoms with Crippen molar-refractivity contribution in [3.8, 4) is 16.3 Å². The molecule has 2 aromatic rings. The third-order valence-corrected chi connectivity index (χ3v) is 5.07. The maximum atomic E-state index is 12.3. The molecule has 8 heteroatoms. The van der Waals surface area contributed by atoms with E-state index in [0.29, 0.717) is 5.69 Å². The summed E-state index contributed by atoms with van der Waals surface area (Å²) in [6.07, 6.45) is 3.84. The van der Waals surface area contributed by atoms with Gasteiger partial charge in [0.05, 0.1) is 7.11 Å². The first-order chi connectivity index (χ1) is 11.2. The number of halogens is 2. The predicted molar refractivity (Wildman–Crippen MR) is 106 cm³/mol. The van der Waals surface area contributed by atoms with Crippen molar-refractivity contribution in [1.29, 1.82) is 0 Å².